The summed E-state index contributed by atoms with van der Waals surface area (Å²) < 4.78 is 5.44. The molecule has 0 bridgehead atoms. The predicted octanol–water partition coefficient (Wildman–Crippen LogP) is 4.15. The fraction of sp³-hybridized carbons (Fsp3) is 0.333. The summed E-state index contributed by atoms with van der Waals surface area (Å²) >= 11 is 5.94. The highest BCUT2D eigenvalue weighted by Crippen LogP contribution is 2.31. The second-order valence-corrected chi connectivity index (χ2v) is 8.74. The molecule has 2 saturated heterocycles. The Labute approximate surface area is 191 Å². The molecule has 8 heteroatoms. The van der Waals surface area contributed by atoms with E-state index in [1.807, 2.05) is 47.4 Å². The molecule has 0 saturated carbocycles. The van der Waals surface area contributed by atoms with Crippen LogP contribution in [-0.2, 0) is 9.59 Å². The first kappa shape index (κ1) is 20.7. The van der Waals surface area contributed by atoms with Gasteiger partial charge in [-0.05, 0) is 49.2 Å². The van der Waals surface area contributed by atoms with Gasteiger partial charge in [0.05, 0.1) is 5.92 Å². The fourth-order valence-electron chi connectivity index (χ4n) is 4.46. The molecule has 1 aromatic heterocycles. The molecule has 1 atom stereocenters. The van der Waals surface area contributed by atoms with E-state index in [1.165, 1.54) is 0 Å². The quantitative estimate of drug-likeness (QED) is 0.596. The van der Waals surface area contributed by atoms with Crippen LogP contribution in [0.2, 0.25) is 5.02 Å². The lowest BCUT2D eigenvalue weighted by Gasteiger charge is -2.32. The molecule has 0 N–H and O–H groups in total. The molecule has 32 heavy (non-hydrogen) atoms. The average Bonchev–Trinajstić information content (AvgIpc) is 3.47. The normalized spacial score (nSPS) is 19.5. The largest absolute Gasteiger partial charge is 0.342 e. The van der Waals surface area contributed by atoms with E-state index in [0.29, 0.717) is 36.4 Å². The topological polar surface area (TPSA) is 79.5 Å². The zero-order chi connectivity index (χ0) is 22.1. The average molecular weight is 451 g/mol. The van der Waals surface area contributed by atoms with Crippen molar-refractivity contribution in [2.45, 2.75) is 25.2 Å². The van der Waals surface area contributed by atoms with Gasteiger partial charge < -0.3 is 14.3 Å². The van der Waals surface area contributed by atoms with E-state index < -0.39 is 0 Å². The Morgan fingerprint density at radius 3 is 2.47 bits per heavy atom. The van der Waals surface area contributed by atoms with Crippen LogP contribution in [0.25, 0.3) is 11.5 Å². The van der Waals surface area contributed by atoms with Crippen LogP contribution >= 0.6 is 11.6 Å². The lowest BCUT2D eigenvalue weighted by molar-refractivity contribution is -0.136. The summed E-state index contributed by atoms with van der Waals surface area (Å²) in [6, 6.07) is 16.8. The Morgan fingerprint density at radius 1 is 1.03 bits per heavy atom. The van der Waals surface area contributed by atoms with E-state index in [2.05, 4.69) is 10.1 Å². The number of aromatic nitrogens is 2. The summed E-state index contributed by atoms with van der Waals surface area (Å²) in [5, 5.41) is 4.82. The van der Waals surface area contributed by atoms with Crippen molar-refractivity contribution in [2.24, 2.45) is 5.92 Å². The Morgan fingerprint density at radius 2 is 1.75 bits per heavy atom. The second kappa shape index (κ2) is 8.74. The summed E-state index contributed by atoms with van der Waals surface area (Å²) in [4.78, 5) is 33.7. The molecule has 2 aromatic carbocycles. The third kappa shape index (κ3) is 4.12. The number of halogens is 1. The van der Waals surface area contributed by atoms with E-state index in [1.54, 1.807) is 17.0 Å². The van der Waals surface area contributed by atoms with Crippen LogP contribution in [0, 0.1) is 5.92 Å². The highest BCUT2D eigenvalue weighted by molar-refractivity contribution is 6.30. The minimum atomic E-state index is -0.291. The number of para-hydroxylation sites is 1. The molecule has 0 spiro atoms. The summed E-state index contributed by atoms with van der Waals surface area (Å²) in [7, 11) is 0. The van der Waals surface area contributed by atoms with Gasteiger partial charge in [-0.2, -0.15) is 4.98 Å². The number of benzene rings is 2. The van der Waals surface area contributed by atoms with Crippen molar-refractivity contribution in [3.63, 3.8) is 0 Å². The molecule has 2 fully saturated rings. The number of rotatable bonds is 4. The standard InChI is InChI=1S/C24H23ClN4O3/c25-19-8-6-17(7-9-19)23-26-22(27-32-23)16-10-12-28(13-11-16)24(31)18-14-21(30)29(15-18)20-4-2-1-3-5-20/h1-9,16,18H,10-15H2. The SMILES string of the molecule is O=C(C1CC(=O)N(c2ccccc2)C1)N1CCC(c2noc(-c3ccc(Cl)cc3)n2)CC1. The maximum Gasteiger partial charge on any atom is 0.257 e. The smallest absolute Gasteiger partial charge is 0.257 e. The third-order valence-corrected chi connectivity index (χ3v) is 6.50. The molecule has 7 nitrogen and oxygen atoms in total. The zero-order valence-corrected chi connectivity index (χ0v) is 18.2. The molecular formula is C24H23ClN4O3. The van der Waals surface area contributed by atoms with E-state index in [4.69, 9.17) is 16.1 Å². The van der Waals surface area contributed by atoms with Gasteiger partial charge in [0.1, 0.15) is 0 Å². The number of nitrogens with zero attached hydrogens (tertiary/aromatic N) is 4. The second-order valence-electron chi connectivity index (χ2n) is 8.31. The van der Waals surface area contributed by atoms with Crippen molar-refractivity contribution < 1.29 is 14.1 Å². The van der Waals surface area contributed by atoms with E-state index in [0.717, 1.165) is 24.1 Å². The van der Waals surface area contributed by atoms with Gasteiger partial charge >= 0.3 is 0 Å². The van der Waals surface area contributed by atoms with Crippen LogP contribution in [0.15, 0.2) is 59.1 Å². The fourth-order valence-corrected chi connectivity index (χ4v) is 4.58. The first-order valence-corrected chi connectivity index (χ1v) is 11.2. The van der Waals surface area contributed by atoms with Crippen molar-refractivity contribution in [1.29, 1.82) is 0 Å². The maximum atomic E-state index is 13.1. The van der Waals surface area contributed by atoms with Gasteiger partial charge in [-0.3, -0.25) is 9.59 Å². The Balaban J connectivity index is 1.19. The van der Waals surface area contributed by atoms with Gasteiger partial charge in [-0.25, -0.2) is 0 Å². The monoisotopic (exact) mass is 450 g/mol. The van der Waals surface area contributed by atoms with Crippen LogP contribution in [0.1, 0.15) is 31.0 Å². The highest BCUT2D eigenvalue weighted by Gasteiger charge is 2.38. The lowest BCUT2D eigenvalue weighted by atomic mass is 9.95. The number of hydrogen-bond donors (Lipinski definition) is 0. The molecule has 0 aliphatic carbocycles. The summed E-state index contributed by atoms with van der Waals surface area (Å²) in [6.07, 6.45) is 1.81. The zero-order valence-electron chi connectivity index (χ0n) is 17.5. The van der Waals surface area contributed by atoms with E-state index in [-0.39, 0.29) is 30.1 Å². The van der Waals surface area contributed by atoms with Gasteiger partial charge in [0, 0.05) is 48.2 Å². The van der Waals surface area contributed by atoms with Gasteiger partial charge in [0.15, 0.2) is 5.82 Å². The molecule has 5 rings (SSSR count). The van der Waals surface area contributed by atoms with Crippen LogP contribution < -0.4 is 4.90 Å². The van der Waals surface area contributed by atoms with Gasteiger partial charge in [0.25, 0.3) is 5.89 Å². The van der Waals surface area contributed by atoms with Crippen LogP contribution in [0.4, 0.5) is 5.69 Å². The molecule has 2 aliphatic rings. The maximum absolute atomic E-state index is 13.1. The minimum absolute atomic E-state index is 0.00552. The van der Waals surface area contributed by atoms with Gasteiger partial charge in [-0.1, -0.05) is 35.0 Å². The van der Waals surface area contributed by atoms with Crippen molar-refractivity contribution in [3.05, 3.63) is 65.4 Å². The number of hydrogen-bond acceptors (Lipinski definition) is 5. The van der Waals surface area contributed by atoms with Crippen LogP contribution in [0.3, 0.4) is 0 Å². The van der Waals surface area contributed by atoms with E-state index in [9.17, 15) is 9.59 Å². The number of piperidine rings is 1. The van der Waals surface area contributed by atoms with Crippen molar-refractivity contribution in [2.75, 3.05) is 24.5 Å². The van der Waals surface area contributed by atoms with E-state index >= 15 is 0 Å². The Bertz CT molecular complexity index is 1110. The predicted molar refractivity (Wildman–Crippen MR) is 120 cm³/mol. The number of carbonyl (C=O) groups excluding carboxylic acids is 2. The van der Waals surface area contributed by atoms with Gasteiger partial charge in [-0.15, -0.1) is 0 Å². The lowest BCUT2D eigenvalue weighted by Crippen LogP contribution is -2.42. The molecule has 0 radical (unpaired) electrons. The van der Waals surface area contributed by atoms with Crippen molar-refractivity contribution >= 4 is 29.1 Å². The van der Waals surface area contributed by atoms with Crippen molar-refractivity contribution in [1.82, 2.24) is 15.0 Å². The summed E-state index contributed by atoms with van der Waals surface area (Å²) in [6.45, 7) is 1.70. The summed E-state index contributed by atoms with van der Waals surface area (Å²) in [5.41, 5.74) is 1.68. The molecule has 164 valence electrons. The number of anilines is 1. The molecule has 2 amide bonds. The first-order valence-electron chi connectivity index (χ1n) is 10.8. The highest BCUT2D eigenvalue weighted by atomic mass is 35.5. The summed E-state index contributed by atoms with van der Waals surface area (Å²) in [5.74, 6) is 1.07. The number of carbonyl (C=O) groups is 2. The Kier molecular flexibility index (Phi) is 5.66. The Hall–Kier alpha value is -3.19. The van der Waals surface area contributed by atoms with Crippen molar-refractivity contribution in [3.8, 4) is 11.5 Å². The van der Waals surface area contributed by atoms with Crippen LogP contribution in [-0.4, -0.2) is 46.5 Å². The number of likely N-dealkylation sites (tertiary alicyclic amines) is 1. The van der Waals surface area contributed by atoms with Crippen LogP contribution in [0.5, 0.6) is 0 Å². The molecular weight excluding hydrogens is 428 g/mol. The minimum Gasteiger partial charge on any atom is -0.342 e. The first-order chi connectivity index (χ1) is 15.6. The molecule has 3 aromatic rings. The number of amides is 2. The molecule has 3 heterocycles. The molecule has 1 unspecified atom stereocenters. The van der Waals surface area contributed by atoms with Gasteiger partial charge in [0.2, 0.25) is 11.8 Å². The third-order valence-electron chi connectivity index (χ3n) is 6.25. The molecule has 2 aliphatic heterocycles.